The molecule has 2 aromatic heterocycles. The summed E-state index contributed by atoms with van der Waals surface area (Å²) in [6, 6.07) is 0. The highest BCUT2D eigenvalue weighted by Gasteiger charge is 2.30. The Labute approximate surface area is 122 Å². The summed E-state index contributed by atoms with van der Waals surface area (Å²) in [5.74, 6) is 1.63. The molecule has 1 amide bonds. The molecule has 8 heteroatoms. The zero-order valence-corrected chi connectivity index (χ0v) is 12.0. The van der Waals surface area contributed by atoms with E-state index in [0.29, 0.717) is 31.2 Å². The maximum Gasteiger partial charge on any atom is 0.231 e. The van der Waals surface area contributed by atoms with Crippen LogP contribution in [0.25, 0.3) is 0 Å². The molecule has 0 unspecified atom stereocenters. The summed E-state index contributed by atoms with van der Waals surface area (Å²) >= 11 is 0. The second kappa shape index (κ2) is 6.02. The Balaban J connectivity index is 1.46. The molecule has 1 aliphatic heterocycles. The van der Waals surface area contributed by atoms with Gasteiger partial charge in [0.25, 0.3) is 0 Å². The molecule has 3 rings (SSSR count). The number of hydrogen-bond donors (Lipinski definition) is 0. The van der Waals surface area contributed by atoms with Gasteiger partial charge >= 0.3 is 0 Å². The van der Waals surface area contributed by atoms with Crippen LogP contribution in [0.2, 0.25) is 0 Å². The average molecular weight is 290 g/mol. The van der Waals surface area contributed by atoms with Crippen molar-refractivity contribution in [3.8, 4) is 0 Å². The summed E-state index contributed by atoms with van der Waals surface area (Å²) in [6.45, 7) is 3.94. The second-order valence-corrected chi connectivity index (χ2v) is 5.27. The molecule has 1 atom stereocenters. The fourth-order valence-corrected chi connectivity index (χ4v) is 2.57. The first-order valence-corrected chi connectivity index (χ1v) is 7.13. The Kier molecular flexibility index (Phi) is 3.94. The standard InChI is InChI=1S/C13H18N6O2/c1-10-16-13(21-17-10)11-4-6-18(7-11)12(20)3-2-5-19-9-14-8-15-19/h8-9,11H,2-7H2,1H3/t11-/m1/s1. The molecular formula is C13H18N6O2. The predicted octanol–water partition coefficient (Wildman–Crippen LogP) is 0.766. The Bertz CT molecular complexity index is 594. The van der Waals surface area contributed by atoms with Gasteiger partial charge in [0, 0.05) is 26.1 Å². The highest BCUT2D eigenvalue weighted by Crippen LogP contribution is 2.26. The van der Waals surface area contributed by atoms with E-state index in [-0.39, 0.29) is 11.8 Å². The van der Waals surface area contributed by atoms with E-state index in [2.05, 4.69) is 20.2 Å². The molecular weight excluding hydrogens is 272 g/mol. The summed E-state index contributed by atoms with van der Waals surface area (Å²) in [5, 5.41) is 7.82. The lowest BCUT2D eigenvalue weighted by molar-refractivity contribution is -0.130. The molecule has 0 N–H and O–H groups in total. The first-order valence-electron chi connectivity index (χ1n) is 7.13. The largest absolute Gasteiger partial charge is 0.342 e. The highest BCUT2D eigenvalue weighted by molar-refractivity contribution is 5.76. The number of aryl methyl sites for hydroxylation is 2. The topological polar surface area (TPSA) is 89.9 Å². The van der Waals surface area contributed by atoms with Crippen LogP contribution in [0.3, 0.4) is 0 Å². The van der Waals surface area contributed by atoms with Gasteiger partial charge in [0.1, 0.15) is 12.7 Å². The van der Waals surface area contributed by atoms with Crippen LogP contribution in [0.5, 0.6) is 0 Å². The van der Waals surface area contributed by atoms with Gasteiger partial charge in [0.05, 0.1) is 5.92 Å². The van der Waals surface area contributed by atoms with Crippen LogP contribution in [0.1, 0.15) is 36.9 Å². The Hall–Kier alpha value is -2.25. The van der Waals surface area contributed by atoms with E-state index in [1.54, 1.807) is 17.9 Å². The molecule has 0 radical (unpaired) electrons. The summed E-state index contributed by atoms with van der Waals surface area (Å²) < 4.78 is 6.93. The van der Waals surface area contributed by atoms with Crippen LogP contribution in [0, 0.1) is 6.92 Å². The Morgan fingerprint density at radius 1 is 1.52 bits per heavy atom. The molecule has 1 saturated heterocycles. The Morgan fingerprint density at radius 3 is 3.14 bits per heavy atom. The maximum atomic E-state index is 12.2. The molecule has 8 nitrogen and oxygen atoms in total. The van der Waals surface area contributed by atoms with Gasteiger partial charge in [-0.1, -0.05) is 5.16 Å². The third-order valence-corrected chi connectivity index (χ3v) is 3.68. The van der Waals surface area contributed by atoms with E-state index in [1.807, 2.05) is 4.90 Å². The van der Waals surface area contributed by atoms with E-state index in [4.69, 9.17) is 4.52 Å². The molecule has 0 aliphatic carbocycles. The number of carbonyl (C=O) groups excluding carboxylic acids is 1. The summed E-state index contributed by atoms with van der Waals surface area (Å²) in [7, 11) is 0. The van der Waals surface area contributed by atoms with Crippen LogP contribution in [0.15, 0.2) is 17.2 Å². The van der Waals surface area contributed by atoms with Crippen LogP contribution in [-0.4, -0.2) is 48.8 Å². The first-order chi connectivity index (χ1) is 10.2. The lowest BCUT2D eigenvalue weighted by atomic mass is 10.1. The molecule has 1 aliphatic rings. The van der Waals surface area contributed by atoms with E-state index < -0.39 is 0 Å². The molecule has 1 fully saturated rings. The van der Waals surface area contributed by atoms with Crippen molar-refractivity contribution >= 4 is 5.91 Å². The van der Waals surface area contributed by atoms with Gasteiger partial charge in [-0.3, -0.25) is 9.48 Å². The Morgan fingerprint density at radius 2 is 2.43 bits per heavy atom. The smallest absolute Gasteiger partial charge is 0.231 e. The van der Waals surface area contributed by atoms with Gasteiger partial charge in [-0.15, -0.1) is 0 Å². The number of rotatable bonds is 5. The number of carbonyl (C=O) groups is 1. The zero-order valence-electron chi connectivity index (χ0n) is 12.0. The second-order valence-electron chi connectivity index (χ2n) is 5.27. The molecule has 0 saturated carbocycles. The van der Waals surface area contributed by atoms with Crippen molar-refractivity contribution in [3.63, 3.8) is 0 Å². The molecule has 0 aromatic carbocycles. The predicted molar refractivity (Wildman–Crippen MR) is 72.2 cm³/mol. The highest BCUT2D eigenvalue weighted by atomic mass is 16.5. The summed E-state index contributed by atoms with van der Waals surface area (Å²) in [6.07, 6.45) is 5.34. The fraction of sp³-hybridized carbons (Fsp3) is 0.615. The quantitative estimate of drug-likeness (QED) is 0.807. The fourth-order valence-electron chi connectivity index (χ4n) is 2.57. The molecule has 0 spiro atoms. The number of aromatic nitrogens is 5. The van der Waals surface area contributed by atoms with Crippen LogP contribution >= 0.6 is 0 Å². The minimum atomic E-state index is 0.172. The monoisotopic (exact) mass is 290 g/mol. The number of hydrogen-bond acceptors (Lipinski definition) is 6. The van der Waals surface area contributed by atoms with E-state index in [1.165, 1.54) is 6.33 Å². The normalized spacial score (nSPS) is 18.3. The average Bonchev–Trinajstić information content (AvgIpc) is 3.19. The van der Waals surface area contributed by atoms with Crippen LogP contribution in [-0.2, 0) is 11.3 Å². The van der Waals surface area contributed by atoms with Gasteiger partial charge in [0.2, 0.25) is 11.8 Å². The van der Waals surface area contributed by atoms with Gasteiger partial charge in [0.15, 0.2) is 5.82 Å². The van der Waals surface area contributed by atoms with Gasteiger partial charge < -0.3 is 9.42 Å². The van der Waals surface area contributed by atoms with E-state index in [0.717, 1.165) is 19.4 Å². The van der Waals surface area contributed by atoms with Crippen molar-refractivity contribution in [1.29, 1.82) is 0 Å². The molecule has 112 valence electrons. The minimum absolute atomic E-state index is 0.172. The van der Waals surface area contributed by atoms with Crippen LogP contribution in [0.4, 0.5) is 0 Å². The molecule has 3 heterocycles. The van der Waals surface area contributed by atoms with E-state index >= 15 is 0 Å². The van der Waals surface area contributed by atoms with Crippen molar-refractivity contribution in [3.05, 3.63) is 24.4 Å². The summed E-state index contributed by atoms with van der Waals surface area (Å²) in [5.41, 5.74) is 0. The molecule has 2 aromatic rings. The SMILES string of the molecule is Cc1noc([C@@H]2CCN(C(=O)CCCn3cncn3)C2)n1. The van der Waals surface area contributed by atoms with Gasteiger partial charge in [-0.2, -0.15) is 10.1 Å². The molecule has 21 heavy (non-hydrogen) atoms. The maximum absolute atomic E-state index is 12.2. The number of amides is 1. The molecule has 0 bridgehead atoms. The van der Waals surface area contributed by atoms with Crippen molar-refractivity contribution < 1.29 is 9.32 Å². The van der Waals surface area contributed by atoms with Crippen molar-refractivity contribution in [1.82, 2.24) is 29.8 Å². The van der Waals surface area contributed by atoms with Crippen molar-refractivity contribution in [2.75, 3.05) is 13.1 Å². The summed E-state index contributed by atoms with van der Waals surface area (Å²) in [4.78, 5) is 22.2. The number of likely N-dealkylation sites (tertiary alicyclic amines) is 1. The first kappa shape index (κ1) is 13.7. The minimum Gasteiger partial charge on any atom is -0.342 e. The third kappa shape index (κ3) is 3.26. The van der Waals surface area contributed by atoms with Crippen molar-refractivity contribution in [2.45, 2.75) is 38.6 Å². The van der Waals surface area contributed by atoms with E-state index in [9.17, 15) is 4.79 Å². The van der Waals surface area contributed by atoms with Crippen LogP contribution < -0.4 is 0 Å². The number of nitrogens with zero attached hydrogens (tertiary/aromatic N) is 6. The van der Waals surface area contributed by atoms with Crippen molar-refractivity contribution in [2.24, 2.45) is 0 Å². The zero-order chi connectivity index (χ0) is 14.7. The lowest BCUT2D eigenvalue weighted by Gasteiger charge is -2.15. The van der Waals surface area contributed by atoms with Gasteiger partial charge in [-0.25, -0.2) is 4.98 Å². The van der Waals surface area contributed by atoms with Gasteiger partial charge in [-0.05, 0) is 19.8 Å². The lowest BCUT2D eigenvalue weighted by Crippen LogP contribution is -2.28. The third-order valence-electron chi connectivity index (χ3n) is 3.68.